The Hall–Kier alpha value is -4.80. The van der Waals surface area contributed by atoms with Crippen molar-refractivity contribution in [2.75, 3.05) is 0 Å². The summed E-state index contributed by atoms with van der Waals surface area (Å²) in [5, 5.41) is 15.2. The Morgan fingerprint density at radius 2 is 1.66 bits per heavy atom. The number of nitrogens with one attached hydrogen (secondary N) is 3. The summed E-state index contributed by atoms with van der Waals surface area (Å²) in [7, 11) is 0. The normalized spacial score (nSPS) is 13.6. The fourth-order valence-corrected chi connectivity index (χ4v) is 3.77. The van der Waals surface area contributed by atoms with Crippen molar-refractivity contribution in [1.82, 2.24) is 16.3 Å². The number of non-ortho nitro benzene ring substituents is 1. The average Bonchev–Trinajstić information content (AvgIpc) is 3.23. The number of nitro benzene ring substituents is 1. The van der Waals surface area contributed by atoms with Gasteiger partial charge in [-0.05, 0) is 38.0 Å². The number of hydrazine groups is 1. The van der Waals surface area contributed by atoms with Crippen LogP contribution in [0.4, 0.5) is 5.69 Å². The molecule has 35 heavy (non-hydrogen) atoms. The first-order valence-corrected chi connectivity index (χ1v) is 10.7. The lowest BCUT2D eigenvalue weighted by Gasteiger charge is -2.13. The molecule has 3 amide bonds. The van der Waals surface area contributed by atoms with Gasteiger partial charge in [0.15, 0.2) is 5.76 Å². The van der Waals surface area contributed by atoms with E-state index >= 15 is 0 Å². The number of aryl methyl sites for hydroxylation is 1. The zero-order chi connectivity index (χ0) is 24.9. The minimum atomic E-state index is -0.624. The van der Waals surface area contributed by atoms with Gasteiger partial charge in [-0.2, -0.15) is 5.10 Å². The lowest BCUT2D eigenvalue weighted by molar-refractivity contribution is -0.384. The summed E-state index contributed by atoms with van der Waals surface area (Å²) in [6.45, 7) is 1.69. The Bertz CT molecular complexity index is 1350. The van der Waals surface area contributed by atoms with Crippen molar-refractivity contribution >= 4 is 29.1 Å². The van der Waals surface area contributed by atoms with Gasteiger partial charge in [0.1, 0.15) is 5.76 Å². The zero-order valence-corrected chi connectivity index (χ0v) is 18.7. The van der Waals surface area contributed by atoms with Gasteiger partial charge in [-0.15, -0.1) is 0 Å². The fourth-order valence-electron chi connectivity index (χ4n) is 3.77. The van der Waals surface area contributed by atoms with Crippen LogP contribution in [0, 0.1) is 17.0 Å². The highest BCUT2D eigenvalue weighted by Crippen LogP contribution is 2.29. The number of carbonyl (C=O) groups is 3. The van der Waals surface area contributed by atoms with Crippen molar-refractivity contribution in [3.8, 4) is 0 Å². The molecular weight excluding hydrogens is 454 g/mol. The van der Waals surface area contributed by atoms with E-state index < -0.39 is 22.6 Å². The second-order valence-electron chi connectivity index (χ2n) is 7.79. The minimum absolute atomic E-state index is 0.0305. The van der Waals surface area contributed by atoms with Crippen LogP contribution in [0.3, 0.4) is 0 Å². The second kappa shape index (κ2) is 10.00. The molecule has 1 heterocycles. The fraction of sp³-hybridized carbons (Fsp3) is 0.167. The van der Waals surface area contributed by atoms with Crippen molar-refractivity contribution in [3.63, 3.8) is 0 Å². The predicted octanol–water partition coefficient (Wildman–Crippen LogP) is 3.04. The first-order valence-electron chi connectivity index (χ1n) is 10.7. The van der Waals surface area contributed by atoms with Crippen molar-refractivity contribution < 1.29 is 23.7 Å². The first-order chi connectivity index (χ1) is 16.8. The van der Waals surface area contributed by atoms with Gasteiger partial charge in [-0.1, -0.05) is 24.3 Å². The maximum atomic E-state index is 12.7. The largest absolute Gasteiger partial charge is 0.455 e. The molecule has 0 radical (unpaired) electrons. The number of benzene rings is 2. The Labute approximate surface area is 199 Å². The van der Waals surface area contributed by atoms with Gasteiger partial charge in [-0.25, -0.2) is 5.43 Å². The van der Waals surface area contributed by atoms with Crippen molar-refractivity contribution in [2.45, 2.75) is 26.2 Å². The first kappa shape index (κ1) is 23.4. The summed E-state index contributed by atoms with van der Waals surface area (Å²) >= 11 is 0. The minimum Gasteiger partial charge on any atom is -0.455 e. The molecule has 1 aliphatic rings. The van der Waals surface area contributed by atoms with E-state index in [1.54, 1.807) is 37.3 Å². The van der Waals surface area contributed by atoms with E-state index in [4.69, 9.17) is 4.42 Å². The molecule has 0 aliphatic heterocycles. The smallest absolute Gasteiger partial charge is 0.305 e. The summed E-state index contributed by atoms with van der Waals surface area (Å²) < 4.78 is 5.77. The Kier molecular flexibility index (Phi) is 6.67. The van der Waals surface area contributed by atoms with Gasteiger partial charge >= 0.3 is 5.91 Å². The van der Waals surface area contributed by atoms with E-state index in [-0.39, 0.29) is 17.0 Å². The molecule has 0 spiro atoms. The molecule has 4 rings (SSSR count). The number of amides is 3. The average molecular weight is 475 g/mol. The van der Waals surface area contributed by atoms with Gasteiger partial charge in [0.25, 0.3) is 17.5 Å². The molecule has 0 saturated heterocycles. The molecule has 0 fully saturated rings. The number of fused-ring (bicyclic) bond motifs is 1. The number of carbonyl (C=O) groups excluding carboxylic acids is 3. The second-order valence-corrected chi connectivity index (χ2v) is 7.79. The molecule has 0 bridgehead atoms. The summed E-state index contributed by atoms with van der Waals surface area (Å²) in [6.07, 6.45) is 1.81. The maximum Gasteiger partial charge on any atom is 0.305 e. The molecule has 1 aromatic heterocycles. The highest BCUT2D eigenvalue weighted by atomic mass is 16.6. The molecule has 0 atom stereocenters. The topological polar surface area (TPSA) is 156 Å². The zero-order valence-electron chi connectivity index (χ0n) is 18.7. The summed E-state index contributed by atoms with van der Waals surface area (Å²) in [5.41, 5.74) is 9.08. The molecule has 3 aromatic rings. The Balaban J connectivity index is 1.49. The molecule has 1 aliphatic carbocycles. The van der Waals surface area contributed by atoms with Crippen LogP contribution in [0.5, 0.6) is 0 Å². The summed E-state index contributed by atoms with van der Waals surface area (Å²) in [4.78, 5) is 47.7. The highest BCUT2D eigenvalue weighted by molar-refractivity contribution is 6.07. The van der Waals surface area contributed by atoms with Gasteiger partial charge < -0.3 is 4.42 Å². The number of rotatable bonds is 5. The lowest BCUT2D eigenvalue weighted by atomic mass is 9.93. The van der Waals surface area contributed by atoms with E-state index in [1.807, 2.05) is 0 Å². The van der Waals surface area contributed by atoms with E-state index in [1.165, 1.54) is 18.2 Å². The van der Waals surface area contributed by atoms with E-state index in [9.17, 15) is 24.5 Å². The quantitative estimate of drug-likeness (QED) is 0.380. The van der Waals surface area contributed by atoms with Crippen molar-refractivity contribution in [3.05, 3.63) is 98.5 Å². The van der Waals surface area contributed by atoms with E-state index in [2.05, 4.69) is 21.4 Å². The SMILES string of the molecule is Cc1c(C(=O)NNC(=O)c2ccccc2)oc2c1/C(=N/NC(=O)c1cccc([N+](=O)[O-])c1)CCC2. The molecule has 11 nitrogen and oxygen atoms in total. The maximum absolute atomic E-state index is 12.7. The summed E-state index contributed by atoms with van der Waals surface area (Å²) in [5.74, 6) is -1.11. The highest BCUT2D eigenvalue weighted by Gasteiger charge is 2.28. The van der Waals surface area contributed by atoms with Gasteiger partial charge in [-0.3, -0.25) is 35.3 Å². The summed E-state index contributed by atoms with van der Waals surface area (Å²) in [6, 6.07) is 13.7. The number of nitrogens with zero attached hydrogens (tertiary/aromatic N) is 2. The number of nitro groups is 1. The number of hydrogen-bond acceptors (Lipinski definition) is 7. The number of hydrogen-bond donors (Lipinski definition) is 3. The lowest BCUT2D eigenvalue weighted by Crippen LogP contribution is -2.41. The Morgan fingerprint density at radius 3 is 2.40 bits per heavy atom. The molecule has 0 saturated carbocycles. The van der Waals surface area contributed by atoms with Gasteiger partial charge in [0, 0.05) is 40.8 Å². The van der Waals surface area contributed by atoms with Crippen LogP contribution in [-0.2, 0) is 6.42 Å². The van der Waals surface area contributed by atoms with E-state index in [0.29, 0.717) is 47.4 Å². The van der Waals surface area contributed by atoms with Crippen LogP contribution in [0.15, 0.2) is 64.1 Å². The number of hydrazone groups is 1. The Morgan fingerprint density at radius 1 is 0.943 bits per heavy atom. The van der Waals surface area contributed by atoms with Gasteiger partial charge in [0.05, 0.1) is 10.6 Å². The standard InChI is InChI=1S/C24H21N5O6/c1-14-20-18(25-26-23(31)16-9-5-10-17(13-16)29(33)34)11-6-12-19(20)35-21(14)24(32)28-27-22(30)15-7-3-2-4-8-15/h2-5,7-10,13H,6,11-12H2,1H3,(H,26,31)(H,27,30)(H,28,32)/b25-18+. The van der Waals surface area contributed by atoms with Crippen LogP contribution in [0.1, 0.15) is 61.0 Å². The molecule has 2 aromatic carbocycles. The molecule has 178 valence electrons. The molecular formula is C24H21N5O6. The molecule has 11 heteroatoms. The van der Waals surface area contributed by atoms with Gasteiger partial charge in [0.2, 0.25) is 0 Å². The van der Waals surface area contributed by atoms with Crippen LogP contribution < -0.4 is 16.3 Å². The third kappa shape index (κ3) is 5.08. The van der Waals surface area contributed by atoms with E-state index in [0.717, 1.165) is 6.07 Å². The van der Waals surface area contributed by atoms with Crippen molar-refractivity contribution in [2.24, 2.45) is 5.10 Å². The molecule has 3 N–H and O–H groups in total. The van der Waals surface area contributed by atoms with Crippen LogP contribution in [-0.4, -0.2) is 28.4 Å². The van der Waals surface area contributed by atoms with Crippen LogP contribution in [0.25, 0.3) is 0 Å². The third-order valence-electron chi connectivity index (χ3n) is 5.47. The van der Waals surface area contributed by atoms with Crippen LogP contribution >= 0.6 is 0 Å². The monoisotopic (exact) mass is 475 g/mol. The van der Waals surface area contributed by atoms with Crippen molar-refractivity contribution in [1.29, 1.82) is 0 Å². The number of furan rings is 1. The predicted molar refractivity (Wildman–Crippen MR) is 125 cm³/mol. The molecule has 0 unspecified atom stereocenters. The van der Waals surface area contributed by atoms with Crippen LogP contribution in [0.2, 0.25) is 0 Å². The third-order valence-corrected chi connectivity index (χ3v) is 5.47.